The number of carbonyl (C=O) groups is 1. The third-order valence-electron chi connectivity index (χ3n) is 5.20. The highest BCUT2D eigenvalue weighted by molar-refractivity contribution is 7.91. The Balaban J connectivity index is 1.38. The zero-order valence-electron chi connectivity index (χ0n) is 17.4. The van der Waals surface area contributed by atoms with Crippen molar-refractivity contribution in [3.05, 3.63) is 40.6 Å². The Hall–Kier alpha value is -2.47. The maximum absolute atomic E-state index is 13.0. The molecule has 4 rings (SSSR count). The maximum Gasteiger partial charge on any atom is 0.252 e. The monoisotopic (exact) mass is 496 g/mol. The molecule has 0 unspecified atom stereocenters. The number of methoxy groups -OCH3 is 1. The molecule has 1 fully saturated rings. The minimum absolute atomic E-state index is 0.158. The molecule has 1 N–H and O–H groups in total. The van der Waals surface area contributed by atoms with Crippen molar-refractivity contribution < 1.29 is 22.5 Å². The van der Waals surface area contributed by atoms with Crippen molar-refractivity contribution in [3.8, 4) is 17.1 Å². The van der Waals surface area contributed by atoms with Crippen LogP contribution in [-0.2, 0) is 14.8 Å². The zero-order valence-corrected chi connectivity index (χ0v) is 19.8. The molecular weight excluding hydrogens is 476 g/mol. The first-order chi connectivity index (χ1) is 15.3. The second kappa shape index (κ2) is 9.18. The Kier molecular flexibility index (Phi) is 6.52. The number of ether oxygens (including phenoxy) is 1. The van der Waals surface area contributed by atoms with Gasteiger partial charge in [-0.25, -0.2) is 8.42 Å². The number of sulfonamides is 1. The van der Waals surface area contributed by atoms with Gasteiger partial charge in [0.25, 0.3) is 10.0 Å². The number of nitrogens with one attached hydrogen (secondary N) is 1. The number of piperidine rings is 1. The van der Waals surface area contributed by atoms with Crippen molar-refractivity contribution in [2.75, 3.05) is 25.5 Å². The van der Waals surface area contributed by atoms with Crippen molar-refractivity contribution in [2.24, 2.45) is 5.92 Å². The quantitative estimate of drug-likeness (QED) is 0.551. The van der Waals surface area contributed by atoms with Gasteiger partial charge in [-0.15, -0.1) is 11.3 Å². The van der Waals surface area contributed by atoms with Crippen LogP contribution in [-0.4, -0.2) is 49.0 Å². The van der Waals surface area contributed by atoms with Crippen LogP contribution in [0.25, 0.3) is 11.4 Å². The summed E-state index contributed by atoms with van der Waals surface area (Å²) < 4.78 is 37.8. The second-order valence-electron chi connectivity index (χ2n) is 7.31. The van der Waals surface area contributed by atoms with Crippen LogP contribution in [0, 0.1) is 12.8 Å². The van der Waals surface area contributed by atoms with Gasteiger partial charge in [0.1, 0.15) is 9.96 Å². The van der Waals surface area contributed by atoms with Crippen LogP contribution in [0.1, 0.15) is 18.7 Å². The molecule has 0 saturated carbocycles. The van der Waals surface area contributed by atoms with E-state index in [2.05, 4.69) is 15.5 Å². The van der Waals surface area contributed by atoms with Crippen molar-refractivity contribution in [3.63, 3.8) is 0 Å². The molecule has 0 atom stereocenters. The molecule has 3 heterocycles. The van der Waals surface area contributed by atoms with Crippen molar-refractivity contribution in [1.29, 1.82) is 0 Å². The number of carbonyl (C=O) groups excluding carboxylic acids is 1. The largest absolute Gasteiger partial charge is 0.495 e. The molecule has 3 aromatic rings. The molecule has 1 saturated heterocycles. The van der Waals surface area contributed by atoms with E-state index in [1.54, 1.807) is 36.6 Å². The van der Waals surface area contributed by atoms with E-state index in [0.717, 1.165) is 11.3 Å². The fraction of sp³-hybridized carbons (Fsp3) is 0.350. The minimum atomic E-state index is -3.66. The highest BCUT2D eigenvalue weighted by atomic mass is 35.5. The summed E-state index contributed by atoms with van der Waals surface area (Å²) in [6, 6.07) is 6.56. The molecule has 1 aromatic carbocycles. The summed E-state index contributed by atoms with van der Waals surface area (Å²) >= 11 is 7.22. The van der Waals surface area contributed by atoms with Crippen LogP contribution >= 0.6 is 22.9 Å². The number of nitrogens with zero attached hydrogens (tertiary/aromatic N) is 3. The second-order valence-corrected chi connectivity index (χ2v) is 10.8. The SMILES string of the molecule is COc1ccc(NC(=O)C2CCN(S(=O)(=O)c3cc(-c4noc(C)n4)cs3)CC2)cc1Cl. The van der Waals surface area contributed by atoms with Gasteiger partial charge in [-0.05, 0) is 37.1 Å². The summed E-state index contributed by atoms with van der Waals surface area (Å²) in [5, 5.41) is 8.76. The van der Waals surface area contributed by atoms with E-state index in [1.807, 2.05) is 0 Å². The van der Waals surface area contributed by atoms with Gasteiger partial charge in [-0.1, -0.05) is 16.8 Å². The lowest BCUT2D eigenvalue weighted by molar-refractivity contribution is -0.120. The summed E-state index contributed by atoms with van der Waals surface area (Å²) in [4.78, 5) is 16.8. The normalized spacial score (nSPS) is 15.6. The first-order valence-electron chi connectivity index (χ1n) is 9.81. The molecule has 2 aromatic heterocycles. The zero-order chi connectivity index (χ0) is 22.9. The predicted octanol–water partition coefficient (Wildman–Crippen LogP) is 3.81. The van der Waals surface area contributed by atoms with Crippen molar-refractivity contribution in [1.82, 2.24) is 14.4 Å². The van der Waals surface area contributed by atoms with Crippen LogP contribution in [0.15, 0.2) is 38.4 Å². The van der Waals surface area contributed by atoms with Gasteiger partial charge in [0.15, 0.2) is 0 Å². The predicted molar refractivity (Wildman–Crippen MR) is 120 cm³/mol. The Morgan fingerprint density at radius 3 is 2.69 bits per heavy atom. The van der Waals surface area contributed by atoms with Gasteiger partial charge >= 0.3 is 0 Å². The number of hydrogen-bond donors (Lipinski definition) is 1. The molecule has 0 aliphatic carbocycles. The number of rotatable bonds is 6. The van der Waals surface area contributed by atoms with Gasteiger partial charge in [-0.3, -0.25) is 4.79 Å². The minimum Gasteiger partial charge on any atom is -0.495 e. The lowest BCUT2D eigenvalue weighted by Gasteiger charge is -2.30. The molecule has 1 aliphatic heterocycles. The summed E-state index contributed by atoms with van der Waals surface area (Å²) in [5.41, 5.74) is 1.16. The van der Waals surface area contributed by atoms with E-state index in [0.29, 0.717) is 46.6 Å². The molecule has 170 valence electrons. The van der Waals surface area contributed by atoms with E-state index in [9.17, 15) is 13.2 Å². The van der Waals surface area contributed by atoms with E-state index in [1.165, 1.54) is 11.4 Å². The standard InChI is InChI=1S/C20H21ClN4O5S2/c1-12-22-19(24-30-12)14-9-18(31-11-14)32(27,28)25-7-5-13(6-8-25)20(26)23-15-3-4-17(29-2)16(21)10-15/h3-4,9-11,13H,5-8H2,1-2H3,(H,23,26). The number of benzene rings is 1. The summed E-state index contributed by atoms with van der Waals surface area (Å²) in [5.74, 6) is 0.842. The Morgan fingerprint density at radius 2 is 2.06 bits per heavy atom. The molecule has 1 aliphatic rings. The lowest BCUT2D eigenvalue weighted by Crippen LogP contribution is -2.41. The number of aromatic nitrogens is 2. The molecule has 32 heavy (non-hydrogen) atoms. The van der Waals surface area contributed by atoms with Crippen LogP contribution in [0.5, 0.6) is 5.75 Å². The first-order valence-corrected chi connectivity index (χ1v) is 12.5. The third-order valence-corrected chi connectivity index (χ3v) is 8.81. The Labute approximate surface area is 194 Å². The topological polar surface area (TPSA) is 115 Å². The highest BCUT2D eigenvalue weighted by Crippen LogP contribution is 2.32. The summed E-state index contributed by atoms with van der Waals surface area (Å²) in [6.07, 6.45) is 0.856. The number of aryl methyl sites for hydroxylation is 1. The Morgan fingerprint density at radius 1 is 1.31 bits per heavy atom. The number of amides is 1. The Bertz CT molecular complexity index is 1230. The molecular formula is C20H21ClN4O5S2. The highest BCUT2D eigenvalue weighted by Gasteiger charge is 2.33. The van der Waals surface area contributed by atoms with Crippen molar-refractivity contribution >= 4 is 44.6 Å². The average Bonchev–Trinajstić information content (AvgIpc) is 3.43. The lowest BCUT2D eigenvalue weighted by atomic mass is 9.97. The first kappa shape index (κ1) is 22.7. The van der Waals surface area contributed by atoms with Crippen molar-refractivity contribution in [2.45, 2.75) is 24.0 Å². The van der Waals surface area contributed by atoms with Gasteiger partial charge in [0.2, 0.25) is 17.6 Å². The number of thiophene rings is 1. The van der Waals surface area contributed by atoms with E-state index < -0.39 is 10.0 Å². The third kappa shape index (κ3) is 4.65. The number of halogens is 1. The summed E-state index contributed by atoms with van der Waals surface area (Å²) in [7, 11) is -2.14. The number of hydrogen-bond acceptors (Lipinski definition) is 8. The van der Waals surface area contributed by atoms with Crippen LogP contribution in [0.2, 0.25) is 5.02 Å². The molecule has 9 nitrogen and oxygen atoms in total. The summed E-state index contributed by atoms with van der Waals surface area (Å²) in [6.45, 7) is 2.20. The van der Waals surface area contributed by atoms with E-state index in [-0.39, 0.29) is 29.1 Å². The fourth-order valence-electron chi connectivity index (χ4n) is 3.46. The molecule has 1 amide bonds. The molecule has 0 bridgehead atoms. The van der Waals surface area contributed by atoms with Gasteiger partial charge < -0.3 is 14.6 Å². The smallest absolute Gasteiger partial charge is 0.252 e. The molecule has 0 radical (unpaired) electrons. The molecule has 0 spiro atoms. The van der Waals surface area contributed by atoms with E-state index in [4.69, 9.17) is 20.9 Å². The van der Waals surface area contributed by atoms with Crippen LogP contribution in [0.4, 0.5) is 5.69 Å². The van der Waals surface area contributed by atoms with Gasteiger partial charge in [0, 0.05) is 42.6 Å². The number of anilines is 1. The van der Waals surface area contributed by atoms with Crippen LogP contribution in [0.3, 0.4) is 0 Å². The maximum atomic E-state index is 13.0. The average molecular weight is 497 g/mol. The van der Waals surface area contributed by atoms with Gasteiger partial charge in [-0.2, -0.15) is 9.29 Å². The van der Waals surface area contributed by atoms with Gasteiger partial charge in [0.05, 0.1) is 12.1 Å². The van der Waals surface area contributed by atoms with Crippen LogP contribution < -0.4 is 10.1 Å². The fourth-order valence-corrected chi connectivity index (χ4v) is 6.50. The molecule has 12 heteroatoms. The van der Waals surface area contributed by atoms with E-state index >= 15 is 0 Å².